The molecule has 0 saturated heterocycles. The number of thioether (sulfide) groups is 1. The summed E-state index contributed by atoms with van der Waals surface area (Å²) in [5.74, 6) is -0.873. The molecule has 2 aromatic carbocycles. The first kappa shape index (κ1) is 17.8. The van der Waals surface area contributed by atoms with Crippen LogP contribution in [0.25, 0.3) is 11.3 Å². The van der Waals surface area contributed by atoms with Crippen molar-refractivity contribution in [1.82, 2.24) is 4.98 Å². The van der Waals surface area contributed by atoms with Crippen molar-refractivity contribution in [1.29, 1.82) is 0 Å². The van der Waals surface area contributed by atoms with Crippen LogP contribution >= 0.6 is 23.1 Å². The fraction of sp³-hybridized carbons (Fsp3) is 0.150. The number of nitrogens with one attached hydrogen (secondary N) is 2. The third-order valence-electron chi connectivity index (χ3n) is 4.44. The normalized spacial score (nSPS) is 15.7. The number of rotatable bonds is 4. The second kappa shape index (κ2) is 7.54. The van der Waals surface area contributed by atoms with Crippen molar-refractivity contribution < 1.29 is 9.59 Å². The summed E-state index contributed by atoms with van der Waals surface area (Å²) in [7, 11) is 0. The molecule has 2 N–H and O–H groups in total. The molecule has 1 aliphatic rings. The Morgan fingerprint density at radius 2 is 2.00 bits per heavy atom. The van der Waals surface area contributed by atoms with E-state index in [9.17, 15) is 9.59 Å². The molecule has 7 heteroatoms. The average molecular weight is 396 g/mol. The monoisotopic (exact) mass is 395 g/mol. The largest absolute Gasteiger partial charge is 0.326 e. The number of carbonyl (C=O) groups is 2. The number of carbonyl (C=O) groups excluding carboxylic acids is 2. The number of amides is 2. The van der Waals surface area contributed by atoms with Crippen molar-refractivity contribution in [3.05, 3.63) is 59.5 Å². The standard InChI is InChI=1S/C20H17N3O2S2/c1-26-13-8-6-12(7-9-13)17-11-27-20(22-17)23-19(25)15-10-18(24)21-16-5-3-2-4-14(15)16/h2-9,11,15H,10H2,1H3,(H,21,24)(H,22,23,25). The number of aromatic nitrogens is 1. The number of fused-ring (bicyclic) bond motifs is 1. The Hall–Kier alpha value is -2.64. The van der Waals surface area contributed by atoms with Crippen LogP contribution in [-0.4, -0.2) is 23.1 Å². The van der Waals surface area contributed by atoms with Crippen molar-refractivity contribution in [3.63, 3.8) is 0 Å². The Bertz CT molecular complexity index is 998. The first-order valence-corrected chi connectivity index (χ1v) is 10.5. The van der Waals surface area contributed by atoms with E-state index in [1.807, 2.05) is 48.0 Å². The van der Waals surface area contributed by atoms with Gasteiger partial charge in [-0.05, 0) is 30.0 Å². The number of para-hydroxylation sites is 1. The maximum absolute atomic E-state index is 12.8. The van der Waals surface area contributed by atoms with Gasteiger partial charge in [0.15, 0.2) is 5.13 Å². The average Bonchev–Trinajstić information content (AvgIpc) is 3.15. The lowest BCUT2D eigenvalue weighted by atomic mass is 9.90. The Balaban J connectivity index is 1.52. The maximum Gasteiger partial charge on any atom is 0.234 e. The summed E-state index contributed by atoms with van der Waals surface area (Å²) in [5.41, 5.74) is 3.36. The van der Waals surface area contributed by atoms with Gasteiger partial charge in [0.2, 0.25) is 11.8 Å². The van der Waals surface area contributed by atoms with Crippen LogP contribution in [0.4, 0.5) is 10.8 Å². The molecule has 3 aromatic rings. The summed E-state index contributed by atoms with van der Waals surface area (Å²) in [6.07, 6.45) is 2.17. The number of anilines is 2. The van der Waals surface area contributed by atoms with E-state index in [2.05, 4.69) is 27.8 Å². The molecule has 0 saturated carbocycles. The molecule has 1 aliphatic heterocycles. The van der Waals surface area contributed by atoms with Crippen molar-refractivity contribution in [2.24, 2.45) is 0 Å². The smallest absolute Gasteiger partial charge is 0.234 e. The predicted molar refractivity (Wildman–Crippen MR) is 110 cm³/mol. The van der Waals surface area contributed by atoms with Gasteiger partial charge in [-0.3, -0.25) is 9.59 Å². The second-order valence-electron chi connectivity index (χ2n) is 6.15. The molecule has 1 unspecified atom stereocenters. The van der Waals surface area contributed by atoms with Crippen LogP contribution in [0.1, 0.15) is 17.9 Å². The quantitative estimate of drug-likeness (QED) is 0.634. The van der Waals surface area contributed by atoms with Crippen LogP contribution in [0.2, 0.25) is 0 Å². The van der Waals surface area contributed by atoms with Gasteiger partial charge in [-0.1, -0.05) is 30.3 Å². The number of nitrogens with zero attached hydrogens (tertiary/aromatic N) is 1. The summed E-state index contributed by atoms with van der Waals surface area (Å²) in [5, 5.41) is 8.14. The highest BCUT2D eigenvalue weighted by Crippen LogP contribution is 2.33. The van der Waals surface area contributed by atoms with Crippen molar-refractivity contribution >= 4 is 45.7 Å². The van der Waals surface area contributed by atoms with Gasteiger partial charge < -0.3 is 10.6 Å². The fourth-order valence-electron chi connectivity index (χ4n) is 3.06. The van der Waals surface area contributed by atoms with E-state index >= 15 is 0 Å². The van der Waals surface area contributed by atoms with Crippen LogP contribution in [0, 0.1) is 0 Å². The lowest BCUT2D eigenvalue weighted by Gasteiger charge is -2.24. The van der Waals surface area contributed by atoms with Crippen LogP contribution in [0.5, 0.6) is 0 Å². The van der Waals surface area contributed by atoms with Gasteiger partial charge in [-0.25, -0.2) is 4.98 Å². The van der Waals surface area contributed by atoms with Gasteiger partial charge in [0.05, 0.1) is 11.6 Å². The van der Waals surface area contributed by atoms with E-state index in [0.717, 1.165) is 16.8 Å². The molecule has 0 aliphatic carbocycles. The molecule has 4 rings (SSSR count). The van der Waals surface area contributed by atoms with Gasteiger partial charge in [0.1, 0.15) is 0 Å². The molecule has 136 valence electrons. The lowest BCUT2D eigenvalue weighted by molar-refractivity contribution is -0.123. The third-order valence-corrected chi connectivity index (χ3v) is 5.94. The molecule has 2 heterocycles. The lowest BCUT2D eigenvalue weighted by Crippen LogP contribution is -2.30. The SMILES string of the molecule is CSc1ccc(-c2csc(NC(=O)C3CC(=O)Nc4ccccc43)n2)cc1. The summed E-state index contributed by atoms with van der Waals surface area (Å²) < 4.78 is 0. The molecule has 1 aromatic heterocycles. The van der Waals surface area contributed by atoms with Crippen LogP contribution in [-0.2, 0) is 9.59 Å². The van der Waals surface area contributed by atoms with Crippen molar-refractivity contribution in [2.75, 3.05) is 16.9 Å². The predicted octanol–water partition coefficient (Wildman–Crippen LogP) is 4.60. The van der Waals surface area contributed by atoms with Gasteiger partial charge in [0, 0.05) is 27.9 Å². The highest BCUT2D eigenvalue weighted by molar-refractivity contribution is 7.98. The first-order valence-electron chi connectivity index (χ1n) is 8.43. The van der Waals surface area contributed by atoms with Gasteiger partial charge in [0.25, 0.3) is 0 Å². The Labute approximate surface area is 165 Å². The van der Waals surface area contributed by atoms with Crippen molar-refractivity contribution in [3.8, 4) is 11.3 Å². The highest BCUT2D eigenvalue weighted by Gasteiger charge is 2.30. The molecule has 1 atom stereocenters. The van der Waals surface area contributed by atoms with Gasteiger partial charge in [-0.2, -0.15) is 0 Å². The van der Waals surface area contributed by atoms with E-state index in [1.54, 1.807) is 11.8 Å². The molecule has 27 heavy (non-hydrogen) atoms. The Morgan fingerprint density at radius 1 is 1.22 bits per heavy atom. The molecule has 0 radical (unpaired) electrons. The fourth-order valence-corrected chi connectivity index (χ4v) is 4.19. The number of thiazole rings is 1. The second-order valence-corrected chi connectivity index (χ2v) is 7.89. The maximum atomic E-state index is 12.8. The molecule has 0 fully saturated rings. The van der Waals surface area contributed by atoms with Crippen molar-refractivity contribution in [2.45, 2.75) is 17.2 Å². The summed E-state index contributed by atoms with van der Waals surface area (Å²) >= 11 is 3.07. The van der Waals surface area contributed by atoms with Crippen LogP contribution in [0.15, 0.2) is 58.8 Å². The zero-order valence-corrected chi connectivity index (χ0v) is 16.2. The molecule has 0 bridgehead atoms. The summed E-state index contributed by atoms with van der Waals surface area (Å²) in [6.45, 7) is 0. The Kier molecular flexibility index (Phi) is 4.96. The number of benzene rings is 2. The first-order chi connectivity index (χ1) is 13.1. The van der Waals surface area contributed by atoms with E-state index in [1.165, 1.54) is 16.2 Å². The zero-order valence-electron chi connectivity index (χ0n) is 14.6. The molecule has 0 spiro atoms. The van der Waals surface area contributed by atoms with E-state index < -0.39 is 5.92 Å². The van der Waals surface area contributed by atoms with E-state index in [4.69, 9.17) is 0 Å². The van der Waals surface area contributed by atoms with Gasteiger partial charge >= 0.3 is 0 Å². The number of hydrogen-bond donors (Lipinski definition) is 2. The van der Waals surface area contributed by atoms with E-state index in [0.29, 0.717) is 10.8 Å². The molecular formula is C20H17N3O2S2. The topological polar surface area (TPSA) is 71.1 Å². The van der Waals surface area contributed by atoms with Gasteiger partial charge in [-0.15, -0.1) is 23.1 Å². The molecule has 5 nitrogen and oxygen atoms in total. The summed E-state index contributed by atoms with van der Waals surface area (Å²) in [6, 6.07) is 15.5. The zero-order chi connectivity index (χ0) is 18.8. The highest BCUT2D eigenvalue weighted by atomic mass is 32.2. The molecule has 2 amide bonds. The minimum absolute atomic E-state index is 0.136. The van der Waals surface area contributed by atoms with Crippen LogP contribution < -0.4 is 10.6 Å². The minimum atomic E-state index is -0.511. The Morgan fingerprint density at radius 3 is 2.78 bits per heavy atom. The van der Waals surface area contributed by atoms with Crippen LogP contribution in [0.3, 0.4) is 0 Å². The minimum Gasteiger partial charge on any atom is -0.326 e. The molecular weight excluding hydrogens is 378 g/mol. The summed E-state index contributed by atoms with van der Waals surface area (Å²) in [4.78, 5) is 30.4. The number of hydrogen-bond acceptors (Lipinski definition) is 5. The third kappa shape index (κ3) is 3.74. The van der Waals surface area contributed by atoms with E-state index in [-0.39, 0.29) is 18.2 Å².